The summed E-state index contributed by atoms with van der Waals surface area (Å²) in [5, 5.41) is 2.36. The molecule has 3 amide bonds. The van der Waals surface area contributed by atoms with Crippen molar-refractivity contribution in [2.75, 3.05) is 13.1 Å². The molecule has 1 aliphatic carbocycles. The molecule has 2 aromatic carbocycles. The van der Waals surface area contributed by atoms with Crippen molar-refractivity contribution in [3.05, 3.63) is 65.2 Å². The highest BCUT2D eigenvalue weighted by Crippen LogP contribution is 2.36. The van der Waals surface area contributed by atoms with E-state index in [0.29, 0.717) is 30.5 Å². The number of nitrogens with zero attached hydrogens (tertiary/aromatic N) is 2. The fourth-order valence-electron chi connectivity index (χ4n) is 6.15. The van der Waals surface area contributed by atoms with Gasteiger partial charge in [0.15, 0.2) is 0 Å². The lowest BCUT2D eigenvalue weighted by Gasteiger charge is -2.48. The van der Waals surface area contributed by atoms with Gasteiger partial charge in [0.25, 0.3) is 5.91 Å². The zero-order valence-electron chi connectivity index (χ0n) is 19.8. The summed E-state index contributed by atoms with van der Waals surface area (Å²) in [5.74, 6) is 0.587. The first-order valence-corrected chi connectivity index (χ1v) is 12.8. The zero-order valence-corrected chi connectivity index (χ0v) is 19.8. The summed E-state index contributed by atoms with van der Waals surface area (Å²) in [7, 11) is 0. The zero-order chi connectivity index (χ0) is 23.9. The lowest BCUT2D eigenvalue weighted by molar-refractivity contribution is -0.136. The molecule has 0 spiro atoms. The van der Waals surface area contributed by atoms with Gasteiger partial charge in [-0.1, -0.05) is 36.8 Å². The van der Waals surface area contributed by atoms with Crippen LogP contribution in [0.2, 0.25) is 0 Å². The second-order valence-electron chi connectivity index (χ2n) is 10.3. The van der Waals surface area contributed by atoms with Gasteiger partial charge in [0.1, 0.15) is 17.9 Å². The molecule has 6 rings (SSSR count). The van der Waals surface area contributed by atoms with Crippen LogP contribution in [0.15, 0.2) is 48.5 Å². The monoisotopic (exact) mass is 473 g/mol. The highest BCUT2D eigenvalue weighted by molar-refractivity contribution is 6.05. The van der Waals surface area contributed by atoms with Crippen molar-refractivity contribution in [3.63, 3.8) is 0 Å². The van der Waals surface area contributed by atoms with Crippen molar-refractivity contribution in [3.8, 4) is 5.75 Å². The second kappa shape index (κ2) is 9.11. The molecule has 1 N–H and O–H groups in total. The standard InChI is InChI=1S/C28H31N3O4/c32-26-13-12-24(27(33)29-26)31-17-19-14-21(10-11-22(19)28(31)34)35-25-9-5-4-8-23(25)30-15-20(16-30)18-6-2-1-3-7-18/h1-3,6-7,10-11,14,20,23-25H,4-5,8-9,12-13,15-17H2,(H,29,32,33)/t23-,24-,25+/m0/s1. The Bertz CT molecular complexity index is 1140. The van der Waals surface area contributed by atoms with Gasteiger partial charge in [0.05, 0.1) is 0 Å². The quantitative estimate of drug-likeness (QED) is 0.675. The van der Waals surface area contributed by atoms with Crippen LogP contribution in [0.3, 0.4) is 0 Å². The molecule has 3 heterocycles. The lowest BCUT2D eigenvalue weighted by atomic mass is 9.84. The molecular formula is C28H31N3O4. The number of rotatable bonds is 5. The topological polar surface area (TPSA) is 79.0 Å². The Morgan fingerprint density at radius 3 is 2.51 bits per heavy atom. The number of imide groups is 1. The van der Waals surface area contributed by atoms with E-state index in [-0.39, 0.29) is 30.2 Å². The molecule has 182 valence electrons. The van der Waals surface area contributed by atoms with E-state index < -0.39 is 6.04 Å². The van der Waals surface area contributed by atoms with Gasteiger partial charge in [-0.25, -0.2) is 0 Å². The molecule has 35 heavy (non-hydrogen) atoms. The van der Waals surface area contributed by atoms with Crippen LogP contribution in [0.5, 0.6) is 5.75 Å². The van der Waals surface area contributed by atoms with Gasteiger partial charge >= 0.3 is 0 Å². The predicted molar refractivity (Wildman–Crippen MR) is 130 cm³/mol. The van der Waals surface area contributed by atoms with Gasteiger partial charge in [0.2, 0.25) is 11.8 Å². The molecule has 0 aromatic heterocycles. The summed E-state index contributed by atoms with van der Waals surface area (Å²) < 4.78 is 6.55. The smallest absolute Gasteiger partial charge is 0.255 e. The number of carbonyl (C=O) groups is 3. The maximum atomic E-state index is 13.0. The van der Waals surface area contributed by atoms with Crippen molar-refractivity contribution in [1.29, 1.82) is 0 Å². The lowest BCUT2D eigenvalue weighted by Crippen LogP contribution is -2.57. The third-order valence-electron chi connectivity index (χ3n) is 8.10. The van der Waals surface area contributed by atoms with E-state index >= 15 is 0 Å². The van der Waals surface area contributed by atoms with Crippen molar-refractivity contribution < 1.29 is 19.1 Å². The predicted octanol–water partition coefficient (Wildman–Crippen LogP) is 3.24. The largest absolute Gasteiger partial charge is 0.489 e. The van der Waals surface area contributed by atoms with Crippen molar-refractivity contribution in [1.82, 2.24) is 15.1 Å². The number of nitrogens with one attached hydrogen (secondary N) is 1. The SMILES string of the molecule is O=C1CC[C@H](N2Cc3cc(O[C@@H]4CCCC[C@@H]4N4CC(c5ccccc5)C4)ccc3C2=O)C(=O)N1. The molecule has 3 aliphatic heterocycles. The minimum absolute atomic E-state index is 0.141. The van der Waals surface area contributed by atoms with Crippen LogP contribution in [0.1, 0.15) is 65.9 Å². The van der Waals surface area contributed by atoms with Gasteiger partial charge in [-0.3, -0.25) is 24.6 Å². The normalized spacial score (nSPS) is 27.4. The fraction of sp³-hybridized carbons (Fsp3) is 0.464. The average Bonchev–Trinajstić information content (AvgIpc) is 3.15. The van der Waals surface area contributed by atoms with Crippen LogP contribution in [0, 0.1) is 0 Å². The molecule has 0 unspecified atom stereocenters. The third-order valence-corrected chi connectivity index (χ3v) is 8.10. The molecule has 1 saturated carbocycles. The van der Waals surface area contributed by atoms with Gasteiger partial charge in [0, 0.05) is 43.6 Å². The van der Waals surface area contributed by atoms with Gasteiger partial charge in [-0.2, -0.15) is 0 Å². The summed E-state index contributed by atoms with van der Waals surface area (Å²) in [4.78, 5) is 40.9. The number of carbonyl (C=O) groups excluding carboxylic acids is 3. The van der Waals surface area contributed by atoms with E-state index in [1.54, 1.807) is 4.90 Å². The first kappa shape index (κ1) is 22.3. The molecule has 7 nitrogen and oxygen atoms in total. The number of ether oxygens (including phenoxy) is 1. The second-order valence-corrected chi connectivity index (χ2v) is 10.3. The summed E-state index contributed by atoms with van der Waals surface area (Å²) in [6.07, 6.45) is 5.36. The van der Waals surface area contributed by atoms with Gasteiger partial charge < -0.3 is 9.64 Å². The number of hydrogen-bond donors (Lipinski definition) is 1. The number of likely N-dealkylation sites (tertiary alicyclic amines) is 1. The van der Waals surface area contributed by atoms with Crippen molar-refractivity contribution in [2.45, 2.75) is 69.2 Å². The molecule has 4 aliphatic rings. The van der Waals surface area contributed by atoms with E-state index in [4.69, 9.17) is 4.74 Å². The highest BCUT2D eigenvalue weighted by Gasteiger charge is 2.41. The van der Waals surface area contributed by atoms with Crippen LogP contribution >= 0.6 is 0 Å². The van der Waals surface area contributed by atoms with E-state index in [0.717, 1.165) is 37.2 Å². The van der Waals surface area contributed by atoms with E-state index in [9.17, 15) is 14.4 Å². The first-order valence-electron chi connectivity index (χ1n) is 12.8. The van der Waals surface area contributed by atoms with Crippen LogP contribution in [-0.4, -0.2) is 58.8 Å². The fourth-order valence-corrected chi connectivity index (χ4v) is 6.15. The van der Waals surface area contributed by atoms with E-state index in [1.807, 2.05) is 18.2 Å². The van der Waals surface area contributed by atoms with Gasteiger partial charge in [-0.15, -0.1) is 0 Å². The molecule has 0 radical (unpaired) electrons. The van der Waals surface area contributed by atoms with Crippen LogP contribution in [-0.2, 0) is 16.1 Å². The molecular weight excluding hydrogens is 442 g/mol. The maximum absolute atomic E-state index is 13.0. The Morgan fingerprint density at radius 1 is 0.914 bits per heavy atom. The maximum Gasteiger partial charge on any atom is 0.255 e. The highest BCUT2D eigenvalue weighted by atomic mass is 16.5. The minimum Gasteiger partial charge on any atom is -0.489 e. The van der Waals surface area contributed by atoms with E-state index in [2.05, 4.69) is 40.5 Å². The number of fused-ring (bicyclic) bond motifs is 1. The molecule has 3 fully saturated rings. The summed E-state index contributed by atoms with van der Waals surface area (Å²) >= 11 is 0. The molecule has 2 aromatic rings. The minimum atomic E-state index is -0.594. The average molecular weight is 474 g/mol. The summed E-state index contributed by atoms with van der Waals surface area (Å²) in [5.41, 5.74) is 2.93. The third kappa shape index (κ3) is 4.22. The summed E-state index contributed by atoms with van der Waals surface area (Å²) in [6, 6.07) is 16.2. The Kier molecular flexibility index (Phi) is 5.80. The Morgan fingerprint density at radius 2 is 1.71 bits per heavy atom. The molecule has 7 heteroatoms. The first-order chi connectivity index (χ1) is 17.1. The Labute approximate surface area is 205 Å². The number of piperidine rings is 1. The van der Waals surface area contributed by atoms with Crippen LogP contribution < -0.4 is 10.1 Å². The van der Waals surface area contributed by atoms with Gasteiger partial charge in [-0.05, 0) is 55.0 Å². The number of benzene rings is 2. The Balaban J connectivity index is 1.12. The van der Waals surface area contributed by atoms with Crippen LogP contribution in [0.25, 0.3) is 0 Å². The molecule has 3 atom stereocenters. The number of hydrogen-bond acceptors (Lipinski definition) is 5. The van der Waals surface area contributed by atoms with Crippen molar-refractivity contribution in [2.24, 2.45) is 0 Å². The van der Waals surface area contributed by atoms with Crippen LogP contribution in [0.4, 0.5) is 0 Å². The summed E-state index contributed by atoms with van der Waals surface area (Å²) in [6.45, 7) is 2.53. The Hall–Kier alpha value is -3.19. The number of amides is 3. The van der Waals surface area contributed by atoms with E-state index in [1.165, 1.54) is 18.4 Å². The van der Waals surface area contributed by atoms with Crippen molar-refractivity contribution >= 4 is 17.7 Å². The molecule has 2 saturated heterocycles. The molecule has 0 bridgehead atoms.